The van der Waals surface area contributed by atoms with Gasteiger partial charge >= 0.3 is 6.18 Å². The number of rotatable bonds is 2. The summed E-state index contributed by atoms with van der Waals surface area (Å²) >= 11 is 7.46. The number of benzene rings is 2. The minimum Gasteiger partial charge on any atom is -0.322 e. The zero-order valence-electron chi connectivity index (χ0n) is 12.4. The molecule has 0 saturated carbocycles. The highest BCUT2D eigenvalue weighted by atomic mass is 35.5. The molecular formula is C17H13ClF3NOS. The Labute approximate surface area is 146 Å². The molecular weight excluding hydrogens is 359 g/mol. The molecule has 126 valence electrons. The molecule has 2 aromatic rings. The van der Waals surface area contributed by atoms with E-state index in [1.165, 1.54) is 23.9 Å². The van der Waals surface area contributed by atoms with Crippen LogP contribution >= 0.6 is 23.4 Å². The van der Waals surface area contributed by atoms with E-state index in [4.69, 9.17) is 11.6 Å². The fraction of sp³-hybridized carbons (Fsp3) is 0.235. The van der Waals surface area contributed by atoms with E-state index >= 15 is 0 Å². The predicted molar refractivity (Wildman–Crippen MR) is 89.1 cm³/mol. The van der Waals surface area contributed by atoms with Crippen LogP contribution in [0.1, 0.15) is 26.9 Å². The molecule has 0 bridgehead atoms. The van der Waals surface area contributed by atoms with Gasteiger partial charge in [0, 0.05) is 22.9 Å². The van der Waals surface area contributed by atoms with E-state index in [9.17, 15) is 18.0 Å². The van der Waals surface area contributed by atoms with E-state index in [1.807, 2.05) is 0 Å². The van der Waals surface area contributed by atoms with Gasteiger partial charge in [0.25, 0.3) is 5.91 Å². The smallest absolute Gasteiger partial charge is 0.322 e. The molecule has 1 atom stereocenters. The normalized spacial score (nSPS) is 18.0. The van der Waals surface area contributed by atoms with E-state index < -0.39 is 11.7 Å². The second-order valence-electron chi connectivity index (χ2n) is 5.35. The fourth-order valence-corrected chi connectivity index (χ4v) is 4.02. The van der Waals surface area contributed by atoms with Crippen molar-refractivity contribution in [2.75, 3.05) is 12.3 Å². The number of hydrogen-bond acceptors (Lipinski definition) is 2. The maximum atomic E-state index is 12.7. The first kappa shape index (κ1) is 17.2. The van der Waals surface area contributed by atoms with Crippen LogP contribution in [-0.2, 0) is 6.18 Å². The molecule has 0 aromatic heterocycles. The highest BCUT2D eigenvalue weighted by Gasteiger charge is 2.33. The molecule has 1 heterocycles. The summed E-state index contributed by atoms with van der Waals surface area (Å²) in [5.41, 5.74) is 0.463. The van der Waals surface area contributed by atoms with Gasteiger partial charge in [-0.3, -0.25) is 4.79 Å². The number of amides is 1. The van der Waals surface area contributed by atoms with Crippen LogP contribution in [0.15, 0.2) is 48.5 Å². The first-order valence-electron chi connectivity index (χ1n) is 7.21. The van der Waals surface area contributed by atoms with E-state index in [0.717, 1.165) is 17.9 Å². The summed E-state index contributed by atoms with van der Waals surface area (Å²) in [6.45, 7) is 0.543. The van der Waals surface area contributed by atoms with Gasteiger partial charge in [-0.15, -0.1) is 11.8 Å². The fourth-order valence-electron chi connectivity index (χ4n) is 2.58. The number of carbonyl (C=O) groups is 1. The molecule has 1 aliphatic rings. The van der Waals surface area contributed by atoms with Crippen molar-refractivity contribution >= 4 is 29.3 Å². The van der Waals surface area contributed by atoms with Crippen molar-refractivity contribution in [1.29, 1.82) is 0 Å². The van der Waals surface area contributed by atoms with Gasteiger partial charge in [0.2, 0.25) is 0 Å². The summed E-state index contributed by atoms with van der Waals surface area (Å²) in [6, 6.07) is 11.6. The summed E-state index contributed by atoms with van der Waals surface area (Å²) in [5, 5.41) is 0.178. The first-order chi connectivity index (χ1) is 11.4. The third-order valence-electron chi connectivity index (χ3n) is 3.75. The number of nitrogens with zero attached hydrogens (tertiary/aromatic N) is 1. The van der Waals surface area contributed by atoms with E-state index in [-0.39, 0.29) is 11.3 Å². The molecule has 0 radical (unpaired) electrons. The van der Waals surface area contributed by atoms with E-state index in [2.05, 4.69) is 0 Å². The van der Waals surface area contributed by atoms with Gasteiger partial charge < -0.3 is 4.90 Å². The van der Waals surface area contributed by atoms with Crippen LogP contribution in [0.4, 0.5) is 13.2 Å². The summed E-state index contributed by atoms with van der Waals surface area (Å²) < 4.78 is 38.0. The van der Waals surface area contributed by atoms with Gasteiger partial charge in [-0.1, -0.05) is 29.8 Å². The number of alkyl halides is 3. The minimum atomic E-state index is -4.36. The average molecular weight is 372 g/mol. The van der Waals surface area contributed by atoms with Gasteiger partial charge in [-0.05, 0) is 35.9 Å². The summed E-state index contributed by atoms with van der Waals surface area (Å²) in [6.07, 6.45) is -4.36. The van der Waals surface area contributed by atoms with Crippen molar-refractivity contribution in [1.82, 2.24) is 4.90 Å². The quantitative estimate of drug-likeness (QED) is 0.719. The molecule has 1 unspecified atom stereocenters. The Morgan fingerprint density at radius 3 is 2.50 bits per heavy atom. The van der Waals surface area contributed by atoms with Crippen molar-refractivity contribution in [3.8, 4) is 0 Å². The van der Waals surface area contributed by atoms with Crippen molar-refractivity contribution in [2.45, 2.75) is 11.6 Å². The van der Waals surface area contributed by atoms with Crippen molar-refractivity contribution in [3.63, 3.8) is 0 Å². The lowest BCUT2D eigenvalue weighted by Crippen LogP contribution is -2.30. The van der Waals surface area contributed by atoms with Gasteiger partial charge in [0.1, 0.15) is 5.37 Å². The Balaban J connectivity index is 1.84. The Hall–Kier alpha value is -1.66. The van der Waals surface area contributed by atoms with Crippen molar-refractivity contribution in [2.24, 2.45) is 0 Å². The zero-order chi connectivity index (χ0) is 17.3. The number of hydrogen-bond donors (Lipinski definition) is 0. The molecule has 1 saturated heterocycles. The second kappa shape index (κ2) is 6.69. The third-order valence-corrected chi connectivity index (χ3v) is 5.24. The zero-order valence-corrected chi connectivity index (χ0v) is 14.0. The van der Waals surface area contributed by atoms with Crippen LogP contribution < -0.4 is 0 Å². The summed E-state index contributed by atoms with van der Waals surface area (Å²) in [7, 11) is 0. The molecule has 2 aromatic carbocycles. The maximum Gasteiger partial charge on any atom is 0.416 e. The highest BCUT2D eigenvalue weighted by molar-refractivity contribution is 7.99. The van der Waals surface area contributed by atoms with Crippen LogP contribution in [0.5, 0.6) is 0 Å². The molecule has 0 aliphatic carbocycles. The SMILES string of the molecule is O=C(c1cccc(Cl)c1)N1CCSC1c1ccc(C(F)(F)F)cc1. The highest BCUT2D eigenvalue weighted by Crippen LogP contribution is 2.40. The number of halogens is 4. The number of carbonyl (C=O) groups excluding carboxylic acids is 1. The number of thioether (sulfide) groups is 1. The molecule has 0 spiro atoms. The standard InChI is InChI=1S/C17H13ClF3NOS/c18-14-3-1-2-12(10-14)15(23)22-8-9-24-16(22)11-4-6-13(7-5-11)17(19,20)21/h1-7,10,16H,8-9H2. The van der Waals surface area contributed by atoms with Crippen molar-refractivity contribution < 1.29 is 18.0 Å². The minimum absolute atomic E-state index is 0.174. The molecule has 7 heteroatoms. The average Bonchev–Trinajstić information content (AvgIpc) is 3.03. The molecule has 0 N–H and O–H groups in total. The second-order valence-corrected chi connectivity index (χ2v) is 6.98. The first-order valence-corrected chi connectivity index (χ1v) is 8.64. The Morgan fingerprint density at radius 2 is 1.88 bits per heavy atom. The topological polar surface area (TPSA) is 20.3 Å². The van der Waals surface area contributed by atoms with Crippen LogP contribution in [0, 0.1) is 0 Å². The maximum absolute atomic E-state index is 12.7. The molecule has 1 amide bonds. The Morgan fingerprint density at radius 1 is 1.17 bits per heavy atom. The lowest BCUT2D eigenvalue weighted by Gasteiger charge is -2.24. The lowest BCUT2D eigenvalue weighted by molar-refractivity contribution is -0.137. The summed E-state index contributed by atoms with van der Waals surface area (Å²) in [4.78, 5) is 14.3. The lowest BCUT2D eigenvalue weighted by atomic mass is 10.1. The molecule has 1 fully saturated rings. The predicted octanol–water partition coefficient (Wildman–Crippen LogP) is 5.25. The van der Waals surface area contributed by atoms with E-state index in [1.54, 1.807) is 29.2 Å². The van der Waals surface area contributed by atoms with Crippen LogP contribution in [0.2, 0.25) is 5.02 Å². The van der Waals surface area contributed by atoms with Crippen LogP contribution in [-0.4, -0.2) is 23.1 Å². The third kappa shape index (κ3) is 3.54. The van der Waals surface area contributed by atoms with Gasteiger partial charge in [0.15, 0.2) is 0 Å². The largest absolute Gasteiger partial charge is 0.416 e. The Kier molecular flexibility index (Phi) is 4.78. The Bertz CT molecular complexity index is 748. The van der Waals surface area contributed by atoms with Gasteiger partial charge in [-0.25, -0.2) is 0 Å². The van der Waals surface area contributed by atoms with Gasteiger partial charge in [0.05, 0.1) is 5.56 Å². The van der Waals surface area contributed by atoms with E-state index in [0.29, 0.717) is 22.7 Å². The van der Waals surface area contributed by atoms with Crippen LogP contribution in [0.3, 0.4) is 0 Å². The molecule has 24 heavy (non-hydrogen) atoms. The molecule has 2 nitrogen and oxygen atoms in total. The molecule has 3 rings (SSSR count). The monoisotopic (exact) mass is 371 g/mol. The van der Waals surface area contributed by atoms with Crippen molar-refractivity contribution in [3.05, 3.63) is 70.2 Å². The van der Waals surface area contributed by atoms with Crippen LogP contribution in [0.25, 0.3) is 0 Å². The molecule has 1 aliphatic heterocycles. The van der Waals surface area contributed by atoms with Gasteiger partial charge in [-0.2, -0.15) is 13.2 Å². The summed E-state index contributed by atoms with van der Waals surface area (Å²) in [5.74, 6) is 0.560.